The maximum Gasteiger partial charge on any atom is 0.326 e. The van der Waals surface area contributed by atoms with Gasteiger partial charge in [0.1, 0.15) is 11.3 Å². The van der Waals surface area contributed by atoms with Crippen LogP contribution in [0.2, 0.25) is 0 Å². The average Bonchev–Trinajstić information content (AvgIpc) is 3.03. The molecule has 0 bridgehead atoms. The lowest BCUT2D eigenvalue weighted by atomic mass is 9.84. The van der Waals surface area contributed by atoms with Gasteiger partial charge in [0.15, 0.2) is 0 Å². The molecule has 1 unspecified atom stereocenters. The molecule has 2 saturated heterocycles. The number of methoxy groups -OCH3 is 1. The lowest BCUT2D eigenvalue weighted by Crippen LogP contribution is -2.51. The van der Waals surface area contributed by atoms with Gasteiger partial charge in [-0.15, -0.1) is 0 Å². The Kier molecular flexibility index (Phi) is 6.10. The van der Waals surface area contributed by atoms with Gasteiger partial charge in [-0.3, -0.25) is 9.69 Å². The molecule has 7 nitrogen and oxygen atoms in total. The minimum Gasteiger partial charge on any atom is -0.497 e. The van der Waals surface area contributed by atoms with Gasteiger partial charge in [0.2, 0.25) is 0 Å². The fourth-order valence-electron chi connectivity index (χ4n) is 4.47. The van der Waals surface area contributed by atoms with Gasteiger partial charge in [-0.2, -0.15) is 0 Å². The van der Waals surface area contributed by atoms with Crippen molar-refractivity contribution in [3.05, 3.63) is 59.7 Å². The monoisotopic (exact) mass is 450 g/mol. The predicted octanol–water partition coefficient (Wildman–Crippen LogP) is 3.54. The third kappa shape index (κ3) is 4.55. The van der Waals surface area contributed by atoms with Gasteiger partial charge in [-0.25, -0.2) is 9.69 Å². The molecule has 7 heteroatoms. The number of nitrogens with zero attached hydrogens (tertiary/aromatic N) is 3. The number of rotatable bonds is 5. The Labute approximate surface area is 196 Å². The van der Waals surface area contributed by atoms with Gasteiger partial charge in [0.25, 0.3) is 5.91 Å². The molecule has 176 valence electrons. The molecule has 4 rings (SSSR count). The molecule has 1 atom stereocenters. The lowest BCUT2D eigenvalue weighted by Gasteiger charge is -2.37. The number of ether oxygens (including phenoxy) is 1. The highest BCUT2D eigenvalue weighted by molar-refractivity contribution is 6.07. The highest BCUT2D eigenvalue weighted by atomic mass is 16.5. The lowest BCUT2D eigenvalue weighted by molar-refractivity contribution is -0.132. The Hall–Kier alpha value is -3.06. The molecule has 2 fully saturated rings. The summed E-state index contributed by atoms with van der Waals surface area (Å²) in [4.78, 5) is 31.9. The molecule has 0 spiro atoms. The molecular formula is C26H34N4O3. The maximum atomic E-state index is 13.3. The number of imide groups is 1. The Morgan fingerprint density at radius 3 is 2.09 bits per heavy atom. The first-order valence-electron chi connectivity index (χ1n) is 11.5. The van der Waals surface area contributed by atoms with Crippen molar-refractivity contribution in [2.45, 2.75) is 38.6 Å². The van der Waals surface area contributed by atoms with E-state index < -0.39 is 5.54 Å². The van der Waals surface area contributed by atoms with Crippen molar-refractivity contribution in [3.63, 3.8) is 0 Å². The van der Waals surface area contributed by atoms with Crippen LogP contribution in [0.4, 0.5) is 10.5 Å². The quantitative estimate of drug-likeness (QED) is 0.706. The number of piperazine rings is 1. The fourth-order valence-corrected chi connectivity index (χ4v) is 4.47. The third-order valence-electron chi connectivity index (χ3n) is 6.75. The van der Waals surface area contributed by atoms with Crippen molar-refractivity contribution in [1.29, 1.82) is 0 Å². The van der Waals surface area contributed by atoms with Crippen LogP contribution in [0.3, 0.4) is 0 Å². The SMILES string of the molecule is COc1ccc(N2CCN(CN3C(=O)NC(C)(c4ccc(C(C)(C)C)cc4)C3=O)CC2)cc1. The minimum atomic E-state index is -1.04. The van der Waals surface area contributed by atoms with E-state index in [-0.39, 0.29) is 17.4 Å². The van der Waals surface area contributed by atoms with Crippen LogP contribution in [0.15, 0.2) is 48.5 Å². The predicted molar refractivity (Wildman–Crippen MR) is 130 cm³/mol. The molecule has 2 heterocycles. The zero-order chi connectivity index (χ0) is 23.8. The Bertz CT molecular complexity index is 1010. The van der Waals surface area contributed by atoms with Crippen molar-refractivity contribution < 1.29 is 14.3 Å². The molecule has 0 aliphatic carbocycles. The van der Waals surface area contributed by atoms with Crippen LogP contribution >= 0.6 is 0 Å². The summed E-state index contributed by atoms with van der Waals surface area (Å²) in [5, 5.41) is 2.93. The van der Waals surface area contributed by atoms with E-state index in [1.807, 2.05) is 36.4 Å². The summed E-state index contributed by atoms with van der Waals surface area (Å²) in [6, 6.07) is 15.7. The Balaban J connectivity index is 1.39. The van der Waals surface area contributed by atoms with Crippen molar-refractivity contribution in [2.75, 3.05) is 44.9 Å². The summed E-state index contributed by atoms with van der Waals surface area (Å²) < 4.78 is 5.24. The zero-order valence-corrected chi connectivity index (χ0v) is 20.2. The van der Waals surface area contributed by atoms with Crippen LogP contribution in [0.25, 0.3) is 0 Å². The van der Waals surface area contributed by atoms with Crippen molar-refractivity contribution in [1.82, 2.24) is 15.1 Å². The summed E-state index contributed by atoms with van der Waals surface area (Å²) in [5.41, 5.74) is 2.14. The zero-order valence-electron chi connectivity index (χ0n) is 20.2. The van der Waals surface area contributed by atoms with E-state index in [0.29, 0.717) is 6.67 Å². The highest BCUT2D eigenvalue weighted by Crippen LogP contribution is 2.31. The van der Waals surface area contributed by atoms with Crippen LogP contribution in [0, 0.1) is 0 Å². The maximum absolute atomic E-state index is 13.3. The number of amides is 3. The molecule has 2 aliphatic rings. The summed E-state index contributed by atoms with van der Waals surface area (Å²) in [7, 11) is 1.66. The molecule has 2 aliphatic heterocycles. The summed E-state index contributed by atoms with van der Waals surface area (Å²) in [6.45, 7) is 11.8. The number of benzene rings is 2. The van der Waals surface area contributed by atoms with Crippen LogP contribution in [0.1, 0.15) is 38.8 Å². The van der Waals surface area contributed by atoms with Crippen LogP contribution in [-0.2, 0) is 15.7 Å². The molecule has 3 amide bonds. The number of anilines is 1. The van der Waals surface area contributed by atoms with E-state index in [9.17, 15) is 9.59 Å². The molecule has 1 N–H and O–H groups in total. The van der Waals surface area contributed by atoms with Gasteiger partial charge < -0.3 is 15.0 Å². The number of hydrogen-bond acceptors (Lipinski definition) is 5. The molecule has 0 saturated carbocycles. The van der Waals surface area contributed by atoms with Gasteiger partial charge in [0, 0.05) is 31.9 Å². The van der Waals surface area contributed by atoms with E-state index in [4.69, 9.17) is 4.74 Å². The minimum absolute atomic E-state index is 0.0301. The van der Waals surface area contributed by atoms with Crippen LogP contribution in [-0.4, -0.2) is 61.7 Å². The number of carbonyl (C=O) groups excluding carboxylic acids is 2. The van der Waals surface area contributed by atoms with Gasteiger partial charge in [-0.1, -0.05) is 45.0 Å². The standard InChI is InChI=1S/C26H34N4O3/c1-25(2,3)19-6-8-20(9-7-19)26(4)23(31)30(24(32)27-26)18-28-14-16-29(17-15-28)21-10-12-22(33-5)13-11-21/h6-13H,14-18H2,1-5H3,(H,27,32). The summed E-state index contributed by atoms with van der Waals surface area (Å²) >= 11 is 0. The van der Waals surface area contributed by atoms with Gasteiger partial charge in [-0.05, 0) is 47.7 Å². The number of hydrogen-bond donors (Lipinski definition) is 1. The number of nitrogens with one attached hydrogen (secondary N) is 1. The van der Waals surface area contributed by atoms with E-state index in [0.717, 1.165) is 43.2 Å². The second-order valence-electron chi connectivity index (χ2n) is 10.1. The molecule has 2 aromatic carbocycles. The highest BCUT2D eigenvalue weighted by Gasteiger charge is 2.49. The molecule has 2 aromatic rings. The van der Waals surface area contributed by atoms with E-state index in [2.05, 4.69) is 48.0 Å². The summed E-state index contributed by atoms with van der Waals surface area (Å²) in [5.74, 6) is 0.639. The van der Waals surface area contributed by atoms with E-state index in [1.54, 1.807) is 14.0 Å². The number of carbonyl (C=O) groups is 2. The summed E-state index contributed by atoms with van der Waals surface area (Å²) in [6.07, 6.45) is 0. The third-order valence-corrected chi connectivity index (χ3v) is 6.75. The van der Waals surface area contributed by atoms with E-state index >= 15 is 0 Å². The molecule has 0 radical (unpaired) electrons. The van der Waals surface area contributed by atoms with Crippen molar-refractivity contribution in [2.24, 2.45) is 0 Å². The first kappa shape index (κ1) is 23.1. The molecule has 0 aromatic heterocycles. The largest absolute Gasteiger partial charge is 0.497 e. The molecule has 33 heavy (non-hydrogen) atoms. The van der Waals surface area contributed by atoms with Crippen molar-refractivity contribution >= 4 is 17.6 Å². The van der Waals surface area contributed by atoms with E-state index in [1.165, 1.54) is 10.5 Å². The van der Waals surface area contributed by atoms with Gasteiger partial charge >= 0.3 is 6.03 Å². The Morgan fingerprint density at radius 2 is 1.55 bits per heavy atom. The average molecular weight is 451 g/mol. The van der Waals surface area contributed by atoms with Crippen LogP contribution in [0.5, 0.6) is 5.75 Å². The second-order valence-corrected chi connectivity index (χ2v) is 10.1. The first-order chi connectivity index (χ1) is 15.6. The second kappa shape index (κ2) is 8.71. The first-order valence-corrected chi connectivity index (χ1v) is 11.5. The smallest absolute Gasteiger partial charge is 0.326 e. The van der Waals surface area contributed by atoms with Gasteiger partial charge in [0.05, 0.1) is 13.8 Å². The van der Waals surface area contributed by atoms with Crippen LogP contribution < -0.4 is 15.0 Å². The van der Waals surface area contributed by atoms with Crippen molar-refractivity contribution in [3.8, 4) is 5.75 Å². The normalized spacial score (nSPS) is 22.0. The molecular weight excluding hydrogens is 416 g/mol. The fraction of sp³-hybridized carbons (Fsp3) is 0.462. The number of urea groups is 1. The Morgan fingerprint density at radius 1 is 0.939 bits per heavy atom. The topological polar surface area (TPSA) is 65.1 Å².